The highest BCUT2D eigenvalue weighted by atomic mass is 19.1. The maximum absolute atomic E-state index is 13.3. The summed E-state index contributed by atoms with van der Waals surface area (Å²) in [6.45, 7) is 1.46. The minimum atomic E-state index is -0.910. The van der Waals surface area contributed by atoms with E-state index in [0.717, 1.165) is 53.1 Å². The van der Waals surface area contributed by atoms with E-state index < -0.39 is 12.0 Å². The highest BCUT2D eigenvalue weighted by molar-refractivity contribution is 5.80. The molecule has 4 aromatic rings. The topological polar surface area (TPSA) is 89.3 Å². The lowest BCUT2D eigenvalue weighted by molar-refractivity contribution is -0.137. The van der Waals surface area contributed by atoms with E-state index >= 15 is 0 Å². The molecule has 180 valence electrons. The van der Waals surface area contributed by atoms with Gasteiger partial charge in [0.15, 0.2) is 0 Å². The summed E-state index contributed by atoms with van der Waals surface area (Å²) in [5.41, 5.74) is 3.94. The van der Waals surface area contributed by atoms with Gasteiger partial charge in [-0.25, -0.2) is 9.37 Å². The van der Waals surface area contributed by atoms with Crippen LogP contribution in [0.4, 0.5) is 10.2 Å². The molecule has 0 bridgehead atoms. The third-order valence-corrected chi connectivity index (χ3v) is 6.29. The van der Waals surface area contributed by atoms with Crippen molar-refractivity contribution in [3.63, 3.8) is 0 Å². The average molecular weight is 475 g/mol. The lowest BCUT2D eigenvalue weighted by Crippen LogP contribution is -2.17. The van der Waals surface area contributed by atoms with Crippen LogP contribution in [0.15, 0.2) is 60.8 Å². The molecule has 2 aromatic carbocycles. The second-order valence-corrected chi connectivity index (χ2v) is 8.83. The first kappa shape index (κ1) is 22.8. The lowest BCUT2D eigenvalue weighted by atomic mass is 10.0. The second-order valence-electron chi connectivity index (χ2n) is 8.83. The van der Waals surface area contributed by atoms with Crippen molar-refractivity contribution < 1.29 is 19.0 Å². The number of rotatable bonds is 9. The van der Waals surface area contributed by atoms with Crippen molar-refractivity contribution in [1.29, 1.82) is 0 Å². The SMILES string of the molecule is O=C(O)CC(Cc1ccc(F)cc1)n1ncc2cc(OCCc3ccc4c(n3)NCCC4)ccc21. The summed E-state index contributed by atoms with van der Waals surface area (Å²) >= 11 is 0. The summed E-state index contributed by atoms with van der Waals surface area (Å²) in [6, 6.07) is 15.6. The molecule has 1 aliphatic heterocycles. The number of hydrogen-bond acceptors (Lipinski definition) is 5. The fraction of sp³-hybridized carbons (Fsp3) is 0.296. The maximum atomic E-state index is 13.3. The minimum Gasteiger partial charge on any atom is -0.493 e. The first-order chi connectivity index (χ1) is 17.0. The summed E-state index contributed by atoms with van der Waals surface area (Å²) < 4.78 is 21.0. The molecule has 35 heavy (non-hydrogen) atoms. The van der Waals surface area contributed by atoms with Gasteiger partial charge in [0.25, 0.3) is 0 Å². The number of aliphatic carboxylic acids is 1. The molecule has 0 saturated heterocycles. The largest absolute Gasteiger partial charge is 0.493 e. The van der Waals surface area contributed by atoms with Crippen LogP contribution in [0.5, 0.6) is 5.75 Å². The van der Waals surface area contributed by atoms with E-state index in [1.165, 1.54) is 17.7 Å². The number of anilines is 1. The number of carboxylic acid groups (broad SMARTS) is 1. The van der Waals surface area contributed by atoms with Crippen LogP contribution in [0.2, 0.25) is 0 Å². The van der Waals surface area contributed by atoms with Crippen LogP contribution in [-0.4, -0.2) is 39.0 Å². The molecule has 1 unspecified atom stereocenters. The molecule has 0 spiro atoms. The van der Waals surface area contributed by atoms with Crippen LogP contribution < -0.4 is 10.1 Å². The predicted molar refractivity (Wildman–Crippen MR) is 131 cm³/mol. The van der Waals surface area contributed by atoms with E-state index in [4.69, 9.17) is 9.72 Å². The number of aromatic nitrogens is 3. The molecular formula is C27H27FN4O3. The van der Waals surface area contributed by atoms with Gasteiger partial charge in [-0.15, -0.1) is 0 Å². The third-order valence-electron chi connectivity index (χ3n) is 6.29. The summed E-state index contributed by atoms with van der Waals surface area (Å²) in [5, 5.41) is 18.2. The standard InChI is InChI=1S/C27H27FN4O3/c28-21-6-3-18(4-7-21)14-23(16-26(33)34)32-25-10-9-24(15-20(25)17-30-32)35-13-11-22-8-5-19-2-1-12-29-27(19)31-22/h3-10,15,17,23H,1-2,11-14,16H2,(H,29,31)(H,33,34). The first-order valence-corrected chi connectivity index (χ1v) is 11.8. The Kier molecular flexibility index (Phi) is 6.61. The highest BCUT2D eigenvalue weighted by Gasteiger charge is 2.19. The molecule has 0 aliphatic carbocycles. The van der Waals surface area contributed by atoms with Crippen molar-refractivity contribution in [1.82, 2.24) is 14.8 Å². The summed E-state index contributed by atoms with van der Waals surface area (Å²) in [7, 11) is 0. The van der Waals surface area contributed by atoms with Gasteiger partial charge in [0.05, 0.1) is 30.8 Å². The third kappa shape index (κ3) is 5.42. The Labute approximate surface area is 202 Å². The van der Waals surface area contributed by atoms with E-state index in [1.54, 1.807) is 23.0 Å². The summed E-state index contributed by atoms with van der Waals surface area (Å²) in [6.07, 6.45) is 4.97. The van der Waals surface area contributed by atoms with Gasteiger partial charge >= 0.3 is 5.97 Å². The molecule has 8 heteroatoms. The Morgan fingerprint density at radius 2 is 2.03 bits per heavy atom. The number of pyridine rings is 1. The number of ether oxygens (including phenoxy) is 1. The molecular weight excluding hydrogens is 447 g/mol. The summed E-state index contributed by atoms with van der Waals surface area (Å²) in [5.74, 6) is 0.479. The molecule has 2 N–H and O–H groups in total. The van der Waals surface area contributed by atoms with Crippen LogP contribution in [0.25, 0.3) is 10.9 Å². The van der Waals surface area contributed by atoms with Gasteiger partial charge < -0.3 is 15.2 Å². The molecule has 1 atom stereocenters. The molecule has 2 aromatic heterocycles. The van der Waals surface area contributed by atoms with Gasteiger partial charge in [-0.3, -0.25) is 9.48 Å². The van der Waals surface area contributed by atoms with E-state index in [9.17, 15) is 14.3 Å². The minimum absolute atomic E-state index is 0.0883. The molecule has 0 radical (unpaired) electrons. The Bertz CT molecular complexity index is 1340. The van der Waals surface area contributed by atoms with Crippen LogP contribution >= 0.6 is 0 Å². The van der Waals surface area contributed by atoms with Crippen molar-refractivity contribution in [3.05, 3.63) is 83.4 Å². The zero-order valence-electron chi connectivity index (χ0n) is 19.3. The van der Waals surface area contributed by atoms with Crippen molar-refractivity contribution >= 4 is 22.7 Å². The van der Waals surface area contributed by atoms with Crippen LogP contribution in [0.3, 0.4) is 0 Å². The number of aryl methyl sites for hydroxylation is 1. The quantitative estimate of drug-likeness (QED) is 0.362. The zero-order chi connectivity index (χ0) is 24.2. The van der Waals surface area contributed by atoms with Gasteiger partial charge in [0.2, 0.25) is 0 Å². The van der Waals surface area contributed by atoms with Crippen LogP contribution in [0.1, 0.15) is 35.7 Å². The first-order valence-electron chi connectivity index (χ1n) is 11.8. The maximum Gasteiger partial charge on any atom is 0.305 e. The molecule has 1 aliphatic rings. The van der Waals surface area contributed by atoms with Gasteiger partial charge in [-0.05, 0) is 66.8 Å². The van der Waals surface area contributed by atoms with Gasteiger partial charge in [-0.1, -0.05) is 18.2 Å². The predicted octanol–water partition coefficient (Wildman–Crippen LogP) is 4.81. The number of fused-ring (bicyclic) bond motifs is 2. The number of hydrogen-bond donors (Lipinski definition) is 2. The smallest absolute Gasteiger partial charge is 0.305 e. The Hall–Kier alpha value is -3.94. The lowest BCUT2D eigenvalue weighted by Gasteiger charge is -2.18. The number of carboxylic acids is 1. The summed E-state index contributed by atoms with van der Waals surface area (Å²) in [4.78, 5) is 16.2. The van der Waals surface area contributed by atoms with E-state index in [2.05, 4.69) is 22.5 Å². The van der Waals surface area contributed by atoms with Gasteiger partial charge in [-0.2, -0.15) is 5.10 Å². The Balaban J connectivity index is 1.27. The molecule has 3 heterocycles. The molecule has 7 nitrogen and oxygen atoms in total. The van der Waals surface area contributed by atoms with Crippen molar-refractivity contribution in [3.8, 4) is 5.75 Å². The molecule has 5 rings (SSSR count). The number of halogens is 1. The molecule has 0 saturated carbocycles. The zero-order valence-corrected chi connectivity index (χ0v) is 19.3. The monoisotopic (exact) mass is 474 g/mol. The number of carbonyl (C=O) groups is 1. The fourth-order valence-corrected chi connectivity index (χ4v) is 4.53. The van der Waals surface area contributed by atoms with Gasteiger partial charge in [0, 0.05) is 24.0 Å². The highest BCUT2D eigenvalue weighted by Crippen LogP contribution is 2.27. The van der Waals surface area contributed by atoms with E-state index in [0.29, 0.717) is 19.4 Å². The van der Waals surface area contributed by atoms with Crippen molar-refractivity contribution in [2.45, 2.75) is 38.1 Å². The van der Waals surface area contributed by atoms with Crippen molar-refractivity contribution in [2.24, 2.45) is 0 Å². The average Bonchev–Trinajstić information content (AvgIpc) is 3.28. The van der Waals surface area contributed by atoms with Crippen LogP contribution in [-0.2, 0) is 24.1 Å². The molecule has 0 amide bonds. The number of benzene rings is 2. The normalized spacial score (nSPS) is 13.7. The number of nitrogens with one attached hydrogen (secondary N) is 1. The van der Waals surface area contributed by atoms with E-state index in [-0.39, 0.29) is 12.2 Å². The Morgan fingerprint density at radius 1 is 1.17 bits per heavy atom. The fourth-order valence-electron chi connectivity index (χ4n) is 4.53. The van der Waals surface area contributed by atoms with Gasteiger partial charge in [0.1, 0.15) is 17.4 Å². The van der Waals surface area contributed by atoms with Crippen molar-refractivity contribution in [2.75, 3.05) is 18.5 Å². The van der Waals surface area contributed by atoms with Crippen LogP contribution in [0, 0.1) is 5.82 Å². The second kappa shape index (κ2) is 10.1. The van der Waals surface area contributed by atoms with E-state index in [1.807, 2.05) is 18.2 Å². The Morgan fingerprint density at radius 3 is 2.86 bits per heavy atom. The number of nitrogens with zero attached hydrogens (tertiary/aromatic N) is 3. The molecule has 0 fully saturated rings.